The Morgan fingerprint density at radius 1 is 1.21 bits per heavy atom. The number of hydrogen-bond acceptors (Lipinski definition) is 6. The molecule has 0 saturated heterocycles. The Balaban J connectivity index is 1.50. The first-order chi connectivity index (χ1) is 13.6. The van der Waals surface area contributed by atoms with Crippen molar-refractivity contribution in [3.8, 4) is 11.1 Å². The lowest BCUT2D eigenvalue weighted by molar-refractivity contribution is 0.181. The van der Waals surface area contributed by atoms with Crippen LogP contribution < -0.4 is 10.6 Å². The third-order valence-electron chi connectivity index (χ3n) is 4.74. The Labute approximate surface area is 162 Å². The van der Waals surface area contributed by atoms with Gasteiger partial charge in [0.2, 0.25) is 0 Å². The highest BCUT2D eigenvalue weighted by Crippen LogP contribution is 2.30. The molecule has 0 aliphatic carbocycles. The number of halogens is 1. The molecular formula is C21H21FN4O2. The van der Waals surface area contributed by atoms with Crippen LogP contribution in [0.5, 0.6) is 0 Å². The van der Waals surface area contributed by atoms with Crippen LogP contribution in [0.1, 0.15) is 24.2 Å². The van der Waals surface area contributed by atoms with Crippen LogP contribution in [0.3, 0.4) is 0 Å². The summed E-state index contributed by atoms with van der Waals surface area (Å²) in [5, 5.41) is 19.4. The van der Waals surface area contributed by atoms with Gasteiger partial charge in [-0.2, -0.15) is 0 Å². The number of aliphatic hydroxyl groups is 1. The van der Waals surface area contributed by atoms with Crippen LogP contribution in [0.15, 0.2) is 64.1 Å². The van der Waals surface area contributed by atoms with Crippen LogP contribution in [-0.2, 0) is 0 Å². The SMILES string of the molecule is CC(c1ccc(-c2ccccc2)c(F)c1)c1cc(NC2=NCC(O)CN2)no1. The third kappa shape index (κ3) is 3.89. The number of aliphatic hydroxyl groups excluding tert-OH is 1. The fourth-order valence-corrected chi connectivity index (χ4v) is 3.11. The van der Waals surface area contributed by atoms with E-state index in [2.05, 4.69) is 20.8 Å². The average molecular weight is 380 g/mol. The summed E-state index contributed by atoms with van der Waals surface area (Å²) in [6, 6.07) is 16.5. The molecular weight excluding hydrogens is 359 g/mol. The van der Waals surface area contributed by atoms with Crippen molar-refractivity contribution in [3.05, 3.63) is 71.7 Å². The molecule has 1 aliphatic rings. The molecule has 2 aromatic carbocycles. The molecule has 0 saturated carbocycles. The third-order valence-corrected chi connectivity index (χ3v) is 4.74. The second kappa shape index (κ2) is 7.82. The van der Waals surface area contributed by atoms with Crippen LogP contribution in [0.2, 0.25) is 0 Å². The molecule has 2 unspecified atom stereocenters. The molecule has 2 heterocycles. The maximum absolute atomic E-state index is 14.7. The van der Waals surface area contributed by atoms with Gasteiger partial charge in [-0.25, -0.2) is 4.39 Å². The molecule has 0 spiro atoms. The summed E-state index contributed by atoms with van der Waals surface area (Å²) >= 11 is 0. The average Bonchev–Trinajstić information content (AvgIpc) is 3.18. The van der Waals surface area contributed by atoms with Crippen LogP contribution in [-0.4, -0.2) is 35.4 Å². The predicted octanol–water partition coefficient (Wildman–Crippen LogP) is 3.36. The van der Waals surface area contributed by atoms with Crippen LogP contribution in [0.25, 0.3) is 11.1 Å². The van der Waals surface area contributed by atoms with Crippen molar-refractivity contribution in [3.63, 3.8) is 0 Å². The normalized spacial score (nSPS) is 17.5. The summed E-state index contributed by atoms with van der Waals surface area (Å²) in [7, 11) is 0. The van der Waals surface area contributed by atoms with Crippen molar-refractivity contribution in [2.75, 3.05) is 18.4 Å². The van der Waals surface area contributed by atoms with Gasteiger partial charge in [-0.3, -0.25) is 4.99 Å². The number of guanidine groups is 1. The molecule has 3 N–H and O–H groups in total. The highest BCUT2D eigenvalue weighted by atomic mass is 19.1. The van der Waals surface area contributed by atoms with Gasteiger partial charge >= 0.3 is 0 Å². The summed E-state index contributed by atoms with van der Waals surface area (Å²) in [6.45, 7) is 2.71. The molecule has 2 atom stereocenters. The maximum atomic E-state index is 14.7. The smallest absolute Gasteiger partial charge is 0.197 e. The van der Waals surface area contributed by atoms with Gasteiger partial charge in [0.05, 0.1) is 12.6 Å². The minimum absolute atomic E-state index is 0.162. The molecule has 7 heteroatoms. The number of anilines is 1. The summed E-state index contributed by atoms with van der Waals surface area (Å²) in [5.41, 5.74) is 2.22. The lowest BCUT2D eigenvalue weighted by Crippen LogP contribution is -2.42. The quantitative estimate of drug-likeness (QED) is 0.647. The highest BCUT2D eigenvalue weighted by molar-refractivity contribution is 5.93. The lowest BCUT2D eigenvalue weighted by Gasteiger charge is -2.18. The summed E-state index contributed by atoms with van der Waals surface area (Å²) in [5.74, 6) is 1.23. The van der Waals surface area contributed by atoms with E-state index in [0.717, 1.165) is 11.1 Å². The molecule has 0 bridgehead atoms. The Bertz CT molecular complexity index is 987. The van der Waals surface area contributed by atoms with Crippen molar-refractivity contribution >= 4 is 11.8 Å². The molecule has 1 aliphatic heterocycles. The number of nitrogens with one attached hydrogen (secondary N) is 2. The number of hydrogen-bond donors (Lipinski definition) is 3. The van der Waals surface area contributed by atoms with Gasteiger partial charge in [0, 0.05) is 24.1 Å². The number of rotatable bonds is 4. The molecule has 28 heavy (non-hydrogen) atoms. The van der Waals surface area contributed by atoms with Gasteiger partial charge < -0.3 is 20.3 Å². The van der Waals surface area contributed by atoms with Crippen molar-refractivity contribution < 1.29 is 14.0 Å². The maximum Gasteiger partial charge on any atom is 0.197 e. The van der Waals surface area contributed by atoms with E-state index >= 15 is 0 Å². The predicted molar refractivity (Wildman–Crippen MR) is 106 cm³/mol. The Morgan fingerprint density at radius 3 is 2.75 bits per heavy atom. The van der Waals surface area contributed by atoms with Gasteiger partial charge in [0.1, 0.15) is 11.6 Å². The largest absolute Gasteiger partial charge is 0.389 e. The van der Waals surface area contributed by atoms with Gasteiger partial charge in [0.25, 0.3) is 0 Å². The van der Waals surface area contributed by atoms with E-state index in [1.54, 1.807) is 12.1 Å². The van der Waals surface area contributed by atoms with E-state index in [1.165, 1.54) is 6.07 Å². The topological polar surface area (TPSA) is 82.7 Å². The first-order valence-electron chi connectivity index (χ1n) is 9.15. The molecule has 1 aromatic heterocycles. The zero-order valence-corrected chi connectivity index (χ0v) is 15.4. The Kier molecular flexibility index (Phi) is 5.08. The molecule has 3 aromatic rings. The van der Waals surface area contributed by atoms with Crippen LogP contribution >= 0.6 is 0 Å². The molecule has 4 rings (SSSR count). The number of benzene rings is 2. The van der Waals surface area contributed by atoms with Crippen molar-refractivity contribution in [1.29, 1.82) is 0 Å². The minimum atomic E-state index is -0.479. The van der Waals surface area contributed by atoms with Crippen LogP contribution in [0, 0.1) is 5.82 Å². The zero-order valence-electron chi connectivity index (χ0n) is 15.4. The van der Waals surface area contributed by atoms with E-state index in [1.807, 2.05) is 43.3 Å². The lowest BCUT2D eigenvalue weighted by atomic mass is 9.95. The number of aliphatic imine (C=N–C) groups is 1. The summed E-state index contributed by atoms with van der Waals surface area (Å²) < 4.78 is 20.1. The van der Waals surface area contributed by atoms with Gasteiger partial charge in [-0.15, -0.1) is 0 Å². The van der Waals surface area contributed by atoms with E-state index < -0.39 is 6.10 Å². The minimum Gasteiger partial charge on any atom is -0.389 e. The Hall–Kier alpha value is -3.19. The Morgan fingerprint density at radius 2 is 2.04 bits per heavy atom. The number of nitrogens with zero attached hydrogens (tertiary/aromatic N) is 2. The second-order valence-corrected chi connectivity index (χ2v) is 6.79. The van der Waals surface area contributed by atoms with Crippen molar-refractivity contribution in [2.45, 2.75) is 18.9 Å². The highest BCUT2D eigenvalue weighted by Gasteiger charge is 2.18. The fourth-order valence-electron chi connectivity index (χ4n) is 3.11. The number of aromatic nitrogens is 1. The van der Waals surface area contributed by atoms with E-state index in [9.17, 15) is 9.50 Å². The monoisotopic (exact) mass is 380 g/mol. The number of β-amino-alcohol motifs (C(OH)–C–C–N with tert-alkyl or cyclic N) is 1. The zero-order chi connectivity index (χ0) is 19.5. The standard InChI is InChI=1S/C21H21FN4O2/c1-13(15-7-8-17(18(22)9-15)14-5-3-2-4-6-14)19-10-20(26-28-19)25-21-23-11-16(27)12-24-21/h2-10,13,16,27H,11-12H2,1H3,(H2,23,24,25,26). The molecule has 0 fully saturated rings. The molecule has 0 radical (unpaired) electrons. The first-order valence-corrected chi connectivity index (χ1v) is 9.15. The molecule has 6 nitrogen and oxygen atoms in total. The molecule has 0 amide bonds. The summed E-state index contributed by atoms with van der Waals surface area (Å²) in [6.07, 6.45) is -0.479. The van der Waals surface area contributed by atoms with E-state index in [-0.39, 0.29) is 11.7 Å². The first kappa shape index (κ1) is 18.2. The van der Waals surface area contributed by atoms with Gasteiger partial charge in [-0.1, -0.05) is 54.5 Å². The summed E-state index contributed by atoms with van der Waals surface area (Å²) in [4.78, 5) is 4.18. The van der Waals surface area contributed by atoms with Gasteiger partial charge in [0.15, 0.2) is 11.8 Å². The van der Waals surface area contributed by atoms with Crippen molar-refractivity contribution in [2.24, 2.45) is 4.99 Å². The van der Waals surface area contributed by atoms with Gasteiger partial charge in [-0.05, 0) is 17.2 Å². The fraction of sp³-hybridized carbons (Fsp3) is 0.238. The van der Waals surface area contributed by atoms with Crippen molar-refractivity contribution in [1.82, 2.24) is 10.5 Å². The van der Waals surface area contributed by atoms with E-state index in [4.69, 9.17) is 4.52 Å². The van der Waals surface area contributed by atoms with Crippen LogP contribution in [0.4, 0.5) is 10.2 Å². The molecule has 144 valence electrons. The second-order valence-electron chi connectivity index (χ2n) is 6.79. The van der Waals surface area contributed by atoms with E-state index in [0.29, 0.717) is 36.2 Å².